The lowest BCUT2D eigenvalue weighted by Gasteiger charge is -2.40. The first-order valence-corrected chi connectivity index (χ1v) is 21.2. The van der Waals surface area contributed by atoms with E-state index >= 15 is 8.78 Å². The number of piperazine rings is 1. The summed E-state index contributed by atoms with van der Waals surface area (Å²) < 4.78 is 37.3. The zero-order valence-corrected chi connectivity index (χ0v) is 33.9. The van der Waals surface area contributed by atoms with Crippen LogP contribution < -0.4 is 25.2 Å². The number of anilines is 2. The summed E-state index contributed by atoms with van der Waals surface area (Å²) in [5.74, 6) is -2.84. The summed E-state index contributed by atoms with van der Waals surface area (Å²) >= 11 is 0. The molecule has 0 bridgehead atoms. The zero-order chi connectivity index (χ0) is 43.1. The second kappa shape index (κ2) is 17.1. The van der Waals surface area contributed by atoms with E-state index in [0.717, 1.165) is 48.6 Å². The van der Waals surface area contributed by atoms with Gasteiger partial charge in [-0.25, -0.2) is 18.6 Å². The summed E-state index contributed by atoms with van der Waals surface area (Å²) in [5, 5.41) is 6.01. The minimum Gasteiger partial charge on any atom is -0.490 e. The monoisotopic (exact) mass is 845 g/mol. The third kappa shape index (κ3) is 8.02. The molecule has 2 aromatic heterocycles. The summed E-state index contributed by atoms with van der Waals surface area (Å²) in [6, 6.07) is 9.79. The van der Waals surface area contributed by atoms with Crippen molar-refractivity contribution in [1.29, 1.82) is 0 Å². The number of nitrogens with one attached hydrogen (secondary N) is 2. The van der Waals surface area contributed by atoms with Gasteiger partial charge < -0.3 is 19.9 Å². The molecular formula is C45H45F2N9O6. The second-order valence-electron chi connectivity index (χ2n) is 16.7. The number of rotatable bonds is 9. The number of halogens is 2. The molecule has 5 amide bonds. The Morgan fingerprint density at radius 3 is 2.31 bits per heavy atom. The Labute approximate surface area is 356 Å². The van der Waals surface area contributed by atoms with Gasteiger partial charge in [-0.1, -0.05) is 6.07 Å². The fourth-order valence-electron chi connectivity index (χ4n) is 9.47. The molecule has 2 N–H and O–H groups in total. The molecule has 4 aromatic rings. The third-order valence-corrected chi connectivity index (χ3v) is 12.9. The number of fused-ring (bicyclic) bond motifs is 2. The van der Waals surface area contributed by atoms with Crippen LogP contribution in [0.2, 0.25) is 0 Å². The normalized spacial score (nSPS) is 22.4. The second-order valence-corrected chi connectivity index (χ2v) is 16.7. The number of pyridine rings is 2. The predicted octanol–water partition coefficient (Wildman–Crippen LogP) is 5.02. The van der Waals surface area contributed by atoms with Crippen LogP contribution >= 0.6 is 0 Å². The smallest absolute Gasteiger partial charge is 0.262 e. The molecule has 5 aliphatic rings. The van der Waals surface area contributed by atoms with Crippen LogP contribution in [0.5, 0.6) is 5.75 Å². The first-order valence-electron chi connectivity index (χ1n) is 21.2. The Bertz CT molecular complexity index is 2510. The standard InChI is InChI=1S/C45H45F2N9O6/c1-48-35-8-10-38(30-3-2-14-49-40(30)35)62-29-6-4-28(5-7-29)51-42(58)27-21-34(47)41(50-24-27)55-15-12-26(13-16-55)25-53-17-19-54(20-18-53)37-23-32-31(22-33(37)46)44(60)56(45(32)61)36-9-11-39(57)52-43(36)59/h2-3,8,10,14,21-24,26,28-29,36H,4-7,9,11-13,15-20,25H2,(H,51,58)(H,52,57,59). The van der Waals surface area contributed by atoms with Gasteiger partial charge in [0.05, 0.1) is 40.6 Å². The Hall–Kier alpha value is -6.54. The van der Waals surface area contributed by atoms with Gasteiger partial charge in [-0.2, -0.15) is 0 Å². The van der Waals surface area contributed by atoms with Crippen molar-refractivity contribution in [3.05, 3.63) is 94.6 Å². The Kier molecular flexibility index (Phi) is 11.3. The van der Waals surface area contributed by atoms with Gasteiger partial charge in [0.15, 0.2) is 11.6 Å². The summed E-state index contributed by atoms with van der Waals surface area (Å²) in [4.78, 5) is 82.9. The average Bonchev–Trinajstić information content (AvgIpc) is 3.51. The molecule has 6 heterocycles. The van der Waals surface area contributed by atoms with Crippen molar-refractivity contribution in [3.63, 3.8) is 0 Å². The number of amides is 5. The van der Waals surface area contributed by atoms with Gasteiger partial charge in [-0.05, 0) is 87.3 Å². The number of aromatic nitrogens is 2. The lowest BCUT2D eigenvalue weighted by Crippen LogP contribution is -2.54. The van der Waals surface area contributed by atoms with E-state index in [9.17, 15) is 24.0 Å². The van der Waals surface area contributed by atoms with Crippen LogP contribution in [0.1, 0.15) is 82.4 Å². The van der Waals surface area contributed by atoms with E-state index in [-0.39, 0.29) is 59.1 Å². The van der Waals surface area contributed by atoms with Crippen LogP contribution in [0.4, 0.5) is 26.0 Å². The number of imide groups is 2. The number of hydrogen-bond acceptors (Lipinski definition) is 11. The lowest BCUT2D eigenvalue weighted by atomic mass is 9.92. The maximum atomic E-state index is 15.5. The van der Waals surface area contributed by atoms with Crippen molar-refractivity contribution in [2.24, 2.45) is 5.92 Å². The van der Waals surface area contributed by atoms with Crippen LogP contribution in [0.15, 0.2) is 54.9 Å². The van der Waals surface area contributed by atoms with Crippen molar-refractivity contribution < 1.29 is 37.5 Å². The van der Waals surface area contributed by atoms with E-state index in [4.69, 9.17) is 11.3 Å². The minimum absolute atomic E-state index is 0.000370. The molecule has 15 nitrogen and oxygen atoms in total. The lowest BCUT2D eigenvalue weighted by molar-refractivity contribution is -0.136. The van der Waals surface area contributed by atoms with Gasteiger partial charge in [0.25, 0.3) is 17.7 Å². The van der Waals surface area contributed by atoms with Crippen LogP contribution in [-0.4, -0.2) is 113 Å². The SMILES string of the molecule is [C-]#[N+]c1ccc(OC2CCC(NC(=O)c3cnc(N4CCC(CN5CCN(c6cc7c(cc6F)C(=O)N(C6CCC(=O)NC6=O)C7=O)CC5)CC4)c(F)c3)CC2)c2cccnc12. The highest BCUT2D eigenvalue weighted by atomic mass is 19.1. The molecule has 4 fully saturated rings. The number of benzene rings is 2. The molecule has 17 heteroatoms. The van der Waals surface area contributed by atoms with Crippen LogP contribution in [-0.2, 0) is 9.59 Å². The van der Waals surface area contributed by atoms with Gasteiger partial charge in [0.2, 0.25) is 17.5 Å². The van der Waals surface area contributed by atoms with Gasteiger partial charge in [0.1, 0.15) is 17.6 Å². The van der Waals surface area contributed by atoms with Crippen molar-refractivity contribution in [2.75, 3.05) is 55.6 Å². The molecule has 1 aliphatic carbocycles. The summed E-state index contributed by atoms with van der Waals surface area (Å²) in [6.07, 6.45) is 7.61. The topological polar surface area (TPSA) is 162 Å². The quantitative estimate of drug-likeness (QED) is 0.172. The predicted molar refractivity (Wildman–Crippen MR) is 223 cm³/mol. The van der Waals surface area contributed by atoms with Crippen molar-refractivity contribution >= 4 is 57.6 Å². The fourth-order valence-corrected chi connectivity index (χ4v) is 9.47. The van der Waals surface area contributed by atoms with E-state index in [1.54, 1.807) is 12.3 Å². The first kappa shape index (κ1) is 40.8. The number of carbonyl (C=O) groups is 5. The highest BCUT2D eigenvalue weighted by Gasteiger charge is 2.45. The molecule has 0 radical (unpaired) electrons. The largest absolute Gasteiger partial charge is 0.490 e. The molecule has 3 saturated heterocycles. The van der Waals surface area contributed by atoms with E-state index in [1.807, 2.05) is 28.0 Å². The van der Waals surface area contributed by atoms with Gasteiger partial charge >= 0.3 is 0 Å². The van der Waals surface area contributed by atoms with Gasteiger partial charge in [-0.15, -0.1) is 0 Å². The maximum absolute atomic E-state index is 15.5. The number of ether oxygens (including phenoxy) is 1. The van der Waals surface area contributed by atoms with Crippen molar-refractivity contribution in [2.45, 2.75) is 69.6 Å². The van der Waals surface area contributed by atoms with E-state index < -0.39 is 41.3 Å². The molecule has 1 unspecified atom stereocenters. The van der Waals surface area contributed by atoms with Crippen LogP contribution in [0.3, 0.4) is 0 Å². The number of nitrogens with zero attached hydrogens (tertiary/aromatic N) is 7. The summed E-state index contributed by atoms with van der Waals surface area (Å²) in [7, 11) is 0. The summed E-state index contributed by atoms with van der Waals surface area (Å²) in [6.45, 7) is 11.8. The Morgan fingerprint density at radius 2 is 1.60 bits per heavy atom. The number of piperidine rings is 2. The molecule has 1 atom stereocenters. The molecule has 0 spiro atoms. The van der Waals surface area contributed by atoms with E-state index in [2.05, 4.69) is 30.3 Å². The highest BCUT2D eigenvalue weighted by molar-refractivity contribution is 6.23. The van der Waals surface area contributed by atoms with Crippen molar-refractivity contribution in [1.82, 2.24) is 30.4 Å². The first-order chi connectivity index (χ1) is 30.0. The molecule has 9 rings (SSSR count). The molecule has 320 valence electrons. The Morgan fingerprint density at radius 1 is 0.855 bits per heavy atom. The third-order valence-electron chi connectivity index (χ3n) is 12.9. The van der Waals surface area contributed by atoms with E-state index in [0.29, 0.717) is 75.0 Å². The Balaban J connectivity index is 0.723. The van der Waals surface area contributed by atoms with Gasteiger partial charge in [-0.3, -0.25) is 44.1 Å². The molecule has 4 aliphatic heterocycles. The zero-order valence-electron chi connectivity index (χ0n) is 33.9. The highest BCUT2D eigenvalue weighted by Crippen LogP contribution is 2.36. The minimum atomic E-state index is -1.12. The number of hydrogen-bond donors (Lipinski definition) is 2. The number of carbonyl (C=O) groups excluding carboxylic acids is 5. The average molecular weight is 846 g/mol. The molecule has 2 aromatic carbocycles. The molecular weight excluding hydrogens is 801 g/mol. The van der Waals surface area contributed by atoms with Crippen LogP contribution in [0.25, 0.3) is 15.7 Å². The van der Waals surface area contributed by atoms with Gasteiger partial charge in [0, 0.05) is 76.1 Å². The summed E-state index contributed by atoms with van der Waals surface area (Å²) in [5.41, 5.74) is 1.45. The molecule has 1 saturated carbocycles. The maximum Gasteiger partial charge on any atom is 0.262 e. The van der Waals surface area contributed by atoms with Crippen LogP contribution in [0, 0.1) is 24.1 Å². The fraction of sp³-hybridized carbons (Fsp3) is 0.422. The molecule has 62 heavy (non-hydrogen) atoms. The van der Waals surface area contributed by atoms with Crippen molar-refractivity contribution in [3.8, 4) is 5.75 Å². The van der Waals surface area contributed by atoms with E-state index in [1.165, 1.54) is 18.3 Å².